The van der Waals surface area contributed by atoms with Crippen molar-refractivity contribution in [2.24, 2.45) is 0 Å². The number of carbonyl (C=O) groups excluding carboxylic acids is 2. The number of imide groups is 1. The summed E-state index contributed by atoms with van der Waals surface area (Å²) in [7, 11) is 0. The molecule has 9 heteroatoms. The zero-order valence-corrected chi connectivity index (χ0v) is 21.4. The van der Waals surface area contributed by atoms with E-state index < -0.39 is 0 Å². The van der Waals surface area contributed by atoms with Crippen molar-refractivity contribution in [3.8, 4) is 5.75 Å². The van der Waals surface area contributed by atoms with E-state index in [2.05, 4.69) is 22.6 Å². The number of amides is 2. The van der Waals surface area contributed by atoms with Crippen LogP contribution in [0.2, 0.25) is 15.1 Å². The van der Waals surface area contributed by atoms with Gasteiger partial charge in [-0.1, -0.05) is 53.0 Å². The number of hydrogen-bond acceptors (Lipinski definition) is 4. The smallest absolute Gasteiger partial charge is 0.298 e. The normalized spacial score (nSPS) is 15.0. The van der Waals surface area contributed by atoms with Crippen molar-refractivity contribution in [2.75, 3.05) is 4.90 Å². The lowest BCUT2D eigenvalue weighted by molar-refractivity contribution is -0.113. The molecule has 162 valence electrons. The summed E-state index contributed by atoms with van der Waals surface area (Å²) in [5, 5.41) is 1.20. The highest BCUT2D eigenvalue weighted by molar-refractivity contribution is 14.1. The summed E-state index contributed by atoms with van der Waals surface area (Å²) in [4.78, 5) is 26.7. The van der Waals surface area contributed by atoms with E-state index in [1.54, 1.807) is 42.5 Å². The number of thioether (sulfide) groups is 1. The molecular weight excluding hydrogens is 604 g/mol. The van der Waals surface area contributed by atoms with E-state index in [-0.39, 0.29) is 11.1 Å². The van der Waals surface area contributed by atoms with E-state index in [0.29, 0.717) is 38.0 Å². The number of ether oxygens (including phenoxy) is 1. The zero-order chi connectivity index (χ0) is 22.8. The van der Waals surface area contributed by atoms with Gasteiger partial charge < -0.3 is 4.74 Å². The largest absolute Gasteiger partial charge is 0.488 e. The Hall–Kier alpha value is -1.71. The number of carbonyl (C=O) groups is 2. The highest BCUT2D eigenvalue weighted by Crippen LogP contribution is 2.37. The second kappa shape index (κ2) is 10.1. The minimum Gasteiger partial charge on any atom is -0.488 e. The van der Waals surface area contributed by atoms with Crippen molar-refractivity contribution >= 4 is 92.1 Å². The van der Waals surface area contributed by atoms with E-state index in [4.69, 9.17) is 39.5 Å². The molecule has 3 aromatic rings. The molecule has 1 aliphatic rings. The van der Waals surface area contributed by atoms with Crippen LogP contribution in [0.1, 0.15) is 11.1 Å². The van der Waals surface area contributed by atoms with Gasteiger partial charge in [0.25, 0.3) is 11.1 Å². The fraction of sp³-hybridized carbons (Fsp3) is 0.0435. The molecule has 4 nitrogen and oxygen atoms in total. The Labute approximate surface area is 217 Å². The van der Waals surface area contributed by atoms with E-state index in [1.165, 1.54) is 0 Å². The molecule has 0 saturated carbocycles. The fourth-order valence-corrected chi connectivity index (χ4v) is 5.16. The molecule has 1 aliphatic heterocycles. The van der Waals surface area contributed by atoms with Crippen molar-refractivity contribution in [3.05, 3.63) is 95.3 Å². The van der Waals surface area contributed by atoms with Gasteiger partial charge >= 0.3 is 0 Å². The number of rotatable bonds is 5. The van der Waals surface area contributed by atoms with E-state index in [9.17, 15) is 9.59 Å². The molecule has 3 aromatic carbocycles. The maximum absolute atomic E-state index is 12.8. The third kappa shape index (κ3) is 5.26. The van der Waals surface area contributed by atoms with Gasteiger partial charge in [0.1, 0.15) is 12.4 Å². The molecule has 0 radical (unpaired) electrons. The summed E-state index contributed by atoms with van der Waals surface area (Å²) in [6.07, 6.45) is 1.69. The minimum absolute atomic E-state index is 0.296. The topological polar surface area (TPSA) is 46.6 Å². The second-order valence-corrected chi connectivity index (χ2v) is 10.1. The lowest BCUT2D eigenvalue weighted by Gasteiger charge is -2.12. The van der Waals surface area contributed by atoms with Gasteiger partial charge in [-0.05, 0) is 88.5 Å². The number of hydrogen-bond donors (Lipinski definition) is 0. The van der Waals surface area contributed by atoms with Crippen LogP contribution >= 0.6 is 69.2 Å². The van der Waals surface area contributed by atoms with Crippen molar-refractivity contribution in [1.82, 2.24) is 0 Å². The second-order valence-electron chi connectivity index (χ2n) is 6.71. The van der Waals surface area contributed by atoms with Crippen LogP contribution in [0.25, 0.3) is 6.08 Å². The molecule has 0 atom stereocenters. The summed E-state index contributed by atoms with van der Waals surface area (Å²) in [6.45, 7) is 0.296. The fourth-order valence-electron chi connectivity index (χ4n) is 2.98. The van der Waals surface area contributed by atoms with Gasteiger partial charge in [-0.15, -0.1) is 0 Å². The summed E-state index contributed by atoms with van der Waals surface area (Å²) in [5.41, 5.74) is 2.05. The van der Waals surface area contributed by atoms with Gasteiger partial charge in [0, 0.05) is 20.6 Å². The molecule has 0 aliphatic carbocycles. The molecule has 1 fully saturated rings. The quantitative estimate of drug-likeness (QED) is 0.215. The third-order valence-corrected chi connectivity index (χ3v) is 7.05. The van der Waals surface area contributed by atoms with Crippen LogP contribution in [0.4, 0.5) is 10.5 Å². The maximum Gasteiger partial charge on any atom is 0.298 e. The van der Waals surface area contributed by atoms with E-state index >= 15 is 0 Å². The SMILES string of the molecule is O=C1S/C(=C/c2ccc(OCc3ccc(Cl)cc3Cl)c(I)c2)C(=O)N1c1cccc(Cl)c1. The van der Waals surface area contributed by atoms with Gasteiger partial charge in [0.15, 0.2) is 0 Å². The number of anilines is 1. The Kier molecular flexibility index (Phi) is 7.37. The van der Waals surface area contributed by atoms with Crippen LogP contribution in [0, 0.1) is 3.57 Å². The van der Waals surface area contributed by atoms with Crippen LogP contribution < -0.4 is 9.64 Å². The van der Waals surface area contributed by atoms with Gasteiger partial charge in [-0.3, -0.25) is 9.59 Å². The van der Waals surface area contributed by atoms with Crippen LogP contribution in [0.5, 0.6) is 5.75 Å². The third-order valence-electron chi connectivity index (χ3n) is 4.51. The van der Waals surface area contributed by atoms with Crippen LogP contribution in [0.3, 0.4) is 0 Å². The van der Waals surface area contributed by atoms with Gasteiger partial charge in [-0.2, -0.15) is 0 Å². The molecule has 4 rings (SSSR count). The van der Waals surface area contributed by atoms with Crippen molar-refractivity contribution in [2.45, 2.75) is 6.61 Å². The lowest BCUT2D eigenvalue weighted by atomic mass is 10.2. The summed E-state index contributed by atoms with van der Waals surface area (Å²) in [5.74, 6) is 0.302. The summed E-state index contributed by atoms with van der Waals surface area (Å²) in [6, 6.07) is 17.4. The number of benzene rings is 3. The highest BCUT2D eigenvalue weighted by atomic mass is 127. The van der Waals surface area contributed by atoms with Gasteiger partial charge in [0.2, 0.25) is 0 Å². The molecule has 1 saturated heterocycles. The van der Waals surface area contributed by atoms with Crippen LogP contribution in [-0.2, 0) is 11.4 Å². The Morgan fingerprint density at radius 1 is 0.969 bits per heavy atom. The van der Waals surface area contributed by atoms with E-state index in [1.807, 2.05) is 24.3 Å². The summed E-state index contributed by atoms with van der Waals surface area (Å²) >= 11 is 21.2. The first-order chi connectivity index (χ1) is 15.3. The average molecular weight is 617 g/mol. The van der Waals surface area contributed by atoms with Gasteiger partial charge in [0.05, 0.1) is 14.2 Å². The Morgan fingerprint density at radius 2 is 1.75 bits per heavy atom. The standard InChI is InChI=1S/C23H13Cl3INO3S/c24-15-2-1-3-17(10-15)28-22(29)21(32-23(28)30)9-13-4-7-20(19(27)8-13)31-12-14-5-6-16(25)11-18(14)26/h1-11H,12H2/b21-9+. The Balaban J connectivity index is 1.50. The molecule has 32 heavy (non-hydrogen) atoms. The molecule has 1 heterocycles. The van der Waals surface area contributed by atoms with Crippen molar-refractivity contribution < 1.29 is 14.3 Å². The Morgan fingerprint density at radius 3 is 2.47 bits per heavy atom. The summed E-state index contributed by atoms with van der Waals surface area (Å²) < 4.78 is 6.75. The minimum atomic E-state index is -0.380. The van der Waals surface area contributed by atoms with E-state index in [0.717, 1.165) is 31.4 Å². The molecule has 0 bridgehead atoms. The van der Waals surface area contributed by atoms with Crippen molar-refractivity contribution in [3.63, 3.8) is 0 Å². The number of halogens is 4. The molecular formula is C23H13Cl3INO3S. The van der Waals surface area contributed by atoms with Gasteiger partial charge in [-0.25, -0.2) is 4.90 Å². The Bertz CT molecular complexity index is 1260. The molecule has 2 amide bonds. The number of nitrogens with zero attached hydrogens (tertiary/aromatic N) is 1. The zero-order valence-electron chi connectivity index (χ0n) is 16.2. The molecule has 0 unspecified atom stereocenters. The first kappa shape index (κ1) is 23.4. The van der Waals surface area contributed by atoms with Crippen LogP contribution in [-0.4, -0.2) is 11.1 Å². The molecule has 0 spiro atoms. The first-order valence-corrected chi connectivity index (χ1v) is 12.2. The lowest BCUT2D eigenvalue weighted by Crippen LogP contribution is -2.27. The average Bonchev–Trinajstić information content (AvgIpc) is 3.01. The monoisotopic (exact) mass is 615 g/mol. The van der Waals surface area contributed by atoms with Crippen molar-refractivity contribution in [1.29, 1.82) is 0 Å². The highest BCUT2D eigenvalue weighted by Gasteiger charge is 2.36. The molecule has 0 N–H and O–H groups in total. The predicted octanol–water partition coefficient (Wildman–Crippen LogP) is 8.07. The maximum atomic E-state index is 12.8. The predicted molar refractivity (Wildman–Crippen MR) is 140 cm³/mol. The van der Waals surface area contributed by atoms with Crippen LogP contribution in [0.15, 0.2) is 65.6 Å². The first-order valence-electron chi connectivity index (χ1n) is 9.21. The molecule has 0 aromatic heterocycles.